The minimum atomic E-state index is -0.0693. The van der Waals surface area contributed by atoms with E-state index in [1.165, 1.54) is 0 Å². The predicted molar refractivity (Wildman–Crippen MR) is 78.5 cm³/mol. The van der Waals surface area contributed by atoms with Gasteiger partial charge in [0.2, 0.25) is 0 Å². The molecule has 2 aromatic rings. The first kappa shape index (κ1) is 14.2. The average Bonchev–Trinajstić information content (AvgIpc) is 2.87. The third-order valence-corrected chi connectivity index (χ3v) is 4.08. The zero-order valence-electron chi connectivity index (χ0n) is 11.0. The van der Waals surface area contributed by atoms with Crippen LogP contribution in [0.3, 0.4) is 0 Å². The van der Waals surface area contributed by atoms with Crippen molar-refractivity contribution in [3.05, 3.63) is 51.5 Å². The molecule has 2 rings (SSSR count). The first-order chi connectivity index (χ1) is 9.61. The van der Waals surface area contributed by atoms with Gasteiger partial charge in [-0.05, 0) is 18.9 Å². The number of benzene rings is 1. The highest BCUT2D eigenvalue weighted by atomic mass is 32.1. The third kappa shape index (κ3) is 3.21. The third-order valence-electron chi connectivity index (χ3n) is 2.86. The van der Waals surface area contributed by atoms with E-state index in [4.69, 9.17) is 10.9 Å². The lowest BCUT2D eigenvalue weighted by Crippen LogP contribution is -2.12. The van der Waals surface area contributed by atoms with E-state index < -0.39 is 0 Å². The summed E-state index contributed by atoms with van der Waals surface area (Å²) in [6, 6.07) is 9.84. The standard InChI is InChI=1S/C14H15N3O2S/c1-9-12(20-14(16-9)13(15)17-19)11(18)8-7-10-5-3-2-4-6-10/h2-6,19H,7-8H2,1H3,(H2,15,17). The predicted octanol–water partition coefficient (Wildman–Crippen LogP) is 2.36. The highest BCUT2D eigenvalue weighted by molar-refractivity contribution is 7.15. The molecular formula is C14H15N3O2S. The van der Waals surface area contributed by atoms with Crippen molar-refractivity contribution in [2.75, 3.05) is 0 Å². The monoisotopic (exact) mass is 289 g/mol. The summed E-state index contributed by atoms with van der Waals surface area (Å²) in [5.74, 6) is -0.0407. The van der Waals surface area contributed by atoms with Crippen molar-refractivity contribution >= 4 is 23.0 Å². The van der Waals surface area contributed by atoms with E-state index in [-0.39, 0.29) is 11.6 Å². The Bertz CT molecular complexity index is 635. The van der Waals surface area contributed by atoms with E-state index in [1.54, 1.807) is 6.92 Å². The molecule has 0 aliphatic rings. The molecular weight excluding hydrogens is 274 g/mol. The molecule has 0 saturated heterocycles. The Labute approximate surface area is 120 Å². The van der Waals surface area contributed by atoms with Crippen LogP contribution in [-0.2, 0) is 6.42 Å². The number of rotatable bonds is 5. The Hall–Kier alpha value is -2.21. The lowest BCUT2D eigenvalue weighted by atomic mass is 10.1. The summed E-state index contributed by atoms with van der Waals surface area (Å²) in [6.07, 6.45) is 1.11. The minimum Gasteiger partial charge on any atom is -0.409 e. The van der Waals surface area contributed by atoms with Gasteiger partial charge in [0, 0.05) is 6.42 Å². The fourth-order valence-electron chi connectivity index (χ4n) is 1.82. The van der Waals surface area contributed by atoms with Crippen molar-refractivity contribution in [3.8, 4) is 0 Å². The maximum absolute atomic E-state index is 12.2. The molecule has 0 unspecified atom stereocenters. The maximum Gasteiger partial charge on any atom is 0.199 e. The number of hydrogen-bond acceptors (Lipinski definition) is 5. The number of amidine groups is 1. The lowest BCUT2D eigenvalue weighted by Gasteiger charge is -2.00. The van der Waals surface area contributed by atoms with E-state index in [1.807, 2.05) is 30.3 Å². The van der Waals surface area contributed by atoms with Crippen LogP contribution in [0, 0.1) is 6.92 Å². The van der Waals surface area contributed by atoms with Crippen molar-refractivity contribution in [1.29, 1.82) is 0 Å². The Balaban J connectivity index is 2.08. The van der Waals surface area contributed by atoms with Gasteiger partial charge in [0.15, 0.2) is 16.6 Å². The molecule has 0 aliphatic heterocycles. The summed E-state index contributed by atoms with van der Waals surface area (Å²) in [5.41, 5.74) is 7.22. The molecule has 20 heavy (non-hydrogen) atoms. The van der Waals surface area contributed by atoms with Crippen LogP contribution in [0.2, 0.25) is 0 Å². The molecule has 0 radical (unpaired) electrons. The number of oxime groups is 1. The first-order valence-corrected chi connectivity index (χ1v) is 6.96. The molecule has 104 valence electrons. The number of nitrogens with zero attached hydrogens (tertiary/aromatic N) is 2. The lowest BCUT2D eigenvalue weighted by molar-refractivity contribution is 0.0986. The Morgan fingerprint density at radius 1 is 1.40 bits per heavy atom. The highest BCUT2D eigenvalue weighted by Gasteiger charge is 2.17. The number of carbonyl (C=O) groups is 1. The minimum absolute atomic E-state index is 0.0286. The summed E-state index contributed by atoms with van der Waals surface area (Å²) in [6.45, 7) is 1.75. The van der Waals surface area contributed by atoms with Gasteiger partial charge >= 0.3 is 0 Å². The zero-order valence-corrected chi connectivity index (χ0v) is 11.9. The van der Waals surface area contributed by atoms with Gasteiger partial charge in [0.1, 0.15) is 0 Å². The van der Waals surface area contributed by atoms with Crippen LogP contribution < -0.4 is 5.73 Å². The quantitative estimate of drug-likeness (QED) is 0.291. The van der Waals surface area contributed by atoms with Crippen LogP contribution >= 0.6 is 11.3 Å². The number of aryl methyl sites for hydroxylation is 2. The first-order valence-electron chi connectivity index (χ1n) is 6.14. The summed E-state index contributed by atoms with van der Waals surface area (Å²) in [7, 11) is 0. The number of carbonyl (C=O) groups excluding carboxylic acids is 1. The fourth-order valence-corrected chi connectivity index (χ4v) is 2.75. The molecule has 0 amide bonds. The second-order valence-electron chi connectivity index (χ2n) is 4.33. The molecule has 3 N–H and O–H groups in total. The van der Waals surface area contributed by atoms with Crippen LogP contribution in [0.15, 0.2) is 35.5 Å². The Morgan fingerprint density at radius 2 is 2.10 bits per heavy atom. The molecule has 0 bridgehead atoms. The number of aromatic nitrogens is 1. The van der Waals surface area contributed by atoms with Crippen LogP contribution in [0.5, 0.6) is 0 Å². The number of Topliss-reactive ketones (excluding diaryl/α,β-unsaturated/α-hetero) is 1. The molecule has 0 spiro atoms. The molecule has 0 atom stereocenters. The summed E-state index contributed by atoms with van der Waals surface area (Å²) < 4.78 is 0. The maximum atomic E-state index is 12.2. The number of ketones is 1. The smallest absolute Gasteiger partial charge is 0.199 e. The molecule has 0 saturated carbocycles. The molecule has 1 aromatic carbocycles. The van der Waals surface area contributed by atoms with Crippen molar-refractivity contribution in [2.24, 2.45) is 10.9 Å². The van der Waals surface area contributed by atoms with Gasteiger partial charge in [-0.15, -0.1) is 11.3 Å². The molecule has 0 aliphatic carbocycles. The number of thiazole rings is 1. The van der Waals surface area contributed by atoms with Gasteiger partial charge in [-0.25, -0.2) is 4.98 Å². The summed E-state index contributed by atoms with van der Waals surface area (Å²) in [4.78, 5) is 16.9. The van der Waals surface area contributed by atoms with E-state index in [0.717, 1.165) is 16.9 Å². The molecule has 0 fully saturated rings. The van der Waals surface area contributed by atoms with E-state index >= 15 is 0 Å². The van der Waals surface area contributed by atoms with Crippen molar-refractivity contribution in [1.82, 2.24) is 4.98 Å². The van der Waals surface area contributed by atoms with E-state index in [2.05, 4.69) is 10.1 Å². The SMILES string of the molecule is Cc1nc(C(N)=NO)sc1C(=O)CCc1ccccc1. The van der Waals surface area contributed by atoms with Gasteiger partial charge in [-0.1, -0.05) is 35.5 Å². The zero-order chi connectivity index (χ0) is 14.5. The van der Waals surface area contributed by atoms with Gasteiger partial charge in [-0.2, -0.15) is 0 Å². The highest BCUT2D eigenvalue weighted by Crippen LogP contribution is 2.20. The molecule has 1 heterocycles. The van der Waals surface area contributed by atoms with Crippen LogP contribution in [0.4, 0.5) is 0 Å². The van der Waals surface area contributed by atoms with Crippen LogP contribution in [0.1, 0.15) is 32.4 Å². The largest absolute Gasteiger partial charge is 0.409 e. The van der Waals surface area contributed by atoms with E-state index in [0.29, 0.717) is 28.4 Å². The van der Waals surface area contributed by atoms with Gasteiger partial charge in [0.25, 0.3) is 0 Å². The normalized spacial score (nSPS) is 11.6. The van der Waals surface area contributed by atoms with Crippen LogP contribution in [-0.4, -0.2) is 21.8 Å². The van der Waals surface area contributed by atoms with Crippen LogP contribution in [0.25, 0.3) is 0 Å². The average molecular weight is 289 g/mol. The summed E-state index contributed by atoms with van der Waals surface area (Å²) in [5, 5.41) is 11.9. The van der Waals surface area contributed by atoms with Crippen molar-refractivity contribution in [2.45, 2.75) is 19.8 Å². The van der Waals surface area contributed by atoms with Gasteiger partial charge in [0.05, 0.1) is 10.6 Å². The molecule has 1 aromatic heterocycles. The second kappa shape index (κ2) is 6.29. The number of hydrogen-bond donors (Lipinski definition) is 2. The van der Waals surface area contributed by atoms with Crippen molar-refractivity contribution in [3.63, 3.8) is 0 Å². The Morgan fingerprint density at radius 3 is 2.75 bits per heavy atom. The Kier molecular flexibility index (Phi) is 4.47. The molecule has 5 nitrogen and oxygen atoms in total. The van der Waals surface area contributed by atoms with Gasteiger partial charge < -0.3 is 10.9 Å². The number of nitrogens with two attached hydrogens (primary N) is 1. The topological polar surface area (TPSA) is 88.6 Å². The second-order valence-corrected chi connectivity index (χ2v) is 5.33. The summed E-state index contributed by atoms with van der Waals surface area (Å²) >= 11 is 1.16. The fraction of sp³-hybridized carbons (Fsp3) is 0.214. The van der Waals surface area contributed by atoms with Gasteiger partial charge in [-0.3, -0.25) is 4.79 Å². The van der Waals surface area contributed by atoms with Crippen molar-refractivity contribution < 1.29 is 10.0 Å². The van der Waals surface area contributed by atoms with E-state index in [9.17, 15) is 4.79 Å². The molecule has 6 heteroatoms.